The predicted octanol–water partition coefficient (Wildman–Crippen LogP) is 6.55. The third-order valence-corrected chi connectivity index (χ3v) is 6.51. The summed E-state index contributed by atoms with van der Waals surface area (Å²) in [6.45, 7) is 5.48. The fraction of sp³-hybridized carbons (Fsp3) is 0.240. The molecule has 0 aliphatic heterocycles. The first-order valence-electron chi connectivity index (χ1n) is 10.7. The predicted molar refractivity (Wildman–Crippen MR) is 136 cm³/mol. The molecule has 2 aromatic carbocycles. The second-order valence-electron chi connectivity index (χ2n) is 7.22. The van der Waals surface area contributed by atoms with E-state index in [1.807, 2.05) is 0 Å². The number of anilines is 1. The van der Waals surface area contributed by atoms with E-state index in [4.69, 9.17) is 37.4 Å². The van der Waals surface area contributed by atoms with Crippen molar-refractivity contribution >= 4 is 57.4 Å². The third-order valence-electron chi connectivity index (χ3n) is 4.79. The van der Waals surface area contributed by atoms with Gasteiger partial charge in [-0.3, -0.25) is 4.79 Å². The van der Waals surface area contributed by atoms with Gasteiger partial charge in [0.2, 0.25) is 0 Å². The van der Waals surface area contributed by atoms with Crippen LogP contribution in [0.1, 0.15) is 55.4 Å². The lowest BCUT2D eigenvalue weighted by Gasteiger charge is -2.10. The van der Waals surface area contributed by atoms with Crippen molar-refractivity contribution in [3.8, 4) is 5.75 Å². The molecule has 1 N–H and O–H groups in total. The molecule has 1 heterocycles. The first-order valence-corrected chi connectivity index (χ1v) is 12.3. The van der Waals surface area contributed by atoms with Gasteiger partial charge in [-0.15, -0.1) is 11.3 Å². The first kappa shape index (κ1) is 26.5. The van der Waals surface area contributed by atoms with Crippen LogP contribution in [0.15, 0.2) is 42.5 Å². The molecule has 3 rings (SSSR count). The Morgan fingerprint density at radius 3 is 2.37 bits per heavy atom. The lowest BCUT2D eigenvalue weighted by molar-refractivity contribution is 0.0527. The molecule has 0 atom stereocenters. The van der Waals surface area contributed by atoms with Crippen molar-refractivity contribution in [3.05, 3.63) is 79.6 Å². The maximum Gasteiger partial charge on any atom is 0.348 e. The van der Waals surface area contributed by atoms with Crippen LogP contribution in [0.2, 0.25) is 10.0 Å². The van der Waals surface area contributed by atoms with Gasteiger partial charge in [-0.1, -0.05) is 35.3 Å². The summed E-state index contributed by atoms with van der Waals surface area (Å²) in [6, 6.07) is 11.7. The monoisotopic (exact) mass is 535 g/mol. The molecule has 0 saturated carbocycles. The molecule has 1 amide bonds. The van der Waals surface area contributed by atoms with Crippen LogP contribution < -0.4 is 10.1 Å². The van der Waals surface area contributed by atoms with Gasteiger partial charge in [-0.25, -0.2) is 9.59 Å². The van der Waals surface area contributed by atoms with Crippen molar-refractivity contribution in [1.29, 1.82) is 0 Å². The molecule has 0 aliphatic rings. The van der Waals surface area contributed by atoms with Gasteiger partial charge in [0.05, 0.1) is 23.8 Å². The number of hydrogen-bond acceptors (Lipinski definition) is 7. The van der Waals surface area contributed by atoms with Crippen LogP contribution in [0.25, 0.3) is 0 Å². The maximum absolute atomic E-state index is 13.0. The van der Waals surface area contributed by atoms with Gasteiger partial charge >= 0.3 is 11.9 Å². The van der Waals surface area contributed by atoms with E-state index in [-0.39, 0.29) is 35.3 Å². The molecule has 0 spiro atoms. The number of hydrogen-bond donors (Lipinski definition) is 1. The van der Waals surface area contributed by atoms with Crippen LogP contribution in [0.3, 0.4) is 0 Å². The van der Waals surface area contributed by atoms with Crippen molar-refractivity contribution in [2.75, 3.05) is 18.5 Å². The summed E-state index contributed by atoms with van der Waals surface area (Å²) in [5.41, 5.74) is 1.59. The van der Waals surface area contributed by atoms with Crippen LogP contribution in [0, 0.1) is 6.92 Å². The topological polar surface area (TPSA) is 90.9 Å². The molecular weight excluding hydrogens is 513 g/mol. The molecule has 0 bridgehead atoms. The zero-order valence-electron chi connectivity index (χ0n) is 19.3. The summed E-state index contributed by atoms with van der Waals surface area (Å²) < 4.78 is 15.9. The Labute approximate surface area is 216 Å². The number of rotatable bonds is 9. The Hall–Kier alpha value is -3.07. The number of ether oxygens (including phenoxy) is 3. The number of halogens is 2. The van der Waals surface area contributed by atoms with E-state index in [0.717, 1.165) is 16.9 Å². The van der Waals surface area contributed by atoms with Gasteiger partial charge in [0, 0.05) is 10.6 Å². The number of carbonyl (C=O) groups excluding carboxylic acids is 3. The van der Waals surface area contributed by atoms with Crippen LogP contribution in [0.4, 0.5) is 5.00 Å². The molecule has 7 nitrogen and oxygen atoms in total. The zero-order chi connectivity index (χ0) is 25.5. The average Bonchev–Trinajstić information content (AvgIpc) is 3.14. The molecule has 184 valence electrons. The van der Waals surface area contributed by atoms with E-state index < -0.39 is 17.8 Å². The first-order chi connectivity index (χ1) is 16.7. The minimum absolute atomic E-state index is 0.130. The number of thiophene rings is 1. The minimum Gasteiger partial charge on any atom is -0.487 e. The number of esters is 2. The van der Waals surface area contributed by atoms with Crippen molar-refractivity contribution in [2.24, 2.45) is 0 Å². The Bertz CT molecular complexity index is 1260. The Balaban J connectivity index is 1.82. The maximum atomic E-state index is 13.0. The molecule has 1 aromatic heterocycles. The summed E-state index contributed by atoms with van der Waals surface area (Å²) in [5, 5.41) is 3.82. The van der Waals surface area contributed by atoms with Gasteiger partial charge in [-0.05, 0) is 62.2 Å². The number of benzene rings is 2. The SMILES string of the molecule is CCOC(=O)c1sc(NC(=O)c2cccc(COc3ccc(Cl)cc3Cl)c2)c(C(=O)OCC)c1C. The van der Waals surface area contributed by atoms with Crippen LogP contribution in [0.5, 0.6) is 5.75 Å². The Kier molecular flexibility index (Phi) is 9.14. The van der Waals surface area contributed by atoms with Gasteiger partial charge < -0.3 is 19.5 Å². The second-order valence-corrected chi connectivity index (χ2v) is 9.08. The van der Waals surface area contributed by atoms with E-state index in [9.17, 15) is 14.4 Å². The molecule has 0 aliphatic carbocycles. The van der Waals surface area contributed by atoms with Gasteiger partial charge in [0.15, 0.2) is 0 Å². The summed E-state index contributed by atoms with van der Waals surface area (Å²) in [5.74, 6) is -1.20. The van der Waals surface area contributed by atoms with Crippen molar-refractivity contribution in [3.63, 3.8) is 0 Å². The lowest BCUT2D eigenvalue weighted by atomic mass is 10.1. The van der Waals surface area contributed by atoms with E-state index in [0.29, 0.717) is 26.9 Å². The largest absolute Gasteiger partial charge is 0.487 e. The van der Waals surface area contributed by atoms with Crippen LogP contribution >= 0.6 is 34.5 Å². The highest BCUT2D eigenvalue weighted by Gasteiger charge is 2.27. The summed E-state index contributed by atoms with van der Waals surface area (Å²) in [7, 11) is 0. The molecule has 0 unspecified atom stereocenters. The second kappa shape index (κ2) is 12.1. The molecule has 35 heavy (non-hydrogen) atoms. The molecule has 0 radical (unpaired) electrons. The zero-order valence-corrected chi connectivity index (χ0v) is 21.6. The third kappa shape index (κ3) is 6.54. The van der Waals surface area contributed by atoms with Gasteiger partial charge in [0.1, 0.15) is 22.2 Å². The summed E-state index contributed by atoms with van der Waals surface area (Å²) in [4.78, 5) is 38.2. The van der Waals surface area contributed by atoms with Gasteiger partial charge in [0.25, 0.3) is 5.91 Å². The quantitative estimate of drug-likeness (QED) is 0.312. The molecule has 0 fully saturated rings. The van der Waals surface area contributed by atoms with Gasteiger partial charge in [-0.2, -0.15) is 0 Å². The van der Waals surface area contributed by atoms with Crippen LogP contribution in [-0.2, 0) is 16.1 Å². The molecule has 3 aromatic rings. The number of carbonyl (C=O) groups is 3. The Morgan fingerprint density at radius 1 is 0.971 bits per heavy atom. The standard InChI is InChI=1S/C25H23Cl2NO6S/c1-4-32-24(30)20-14(3)21(25(31)33-5-2)35-23(20)28-22(29)16-8-6-7-15(11-16)13-34-19-10-9-17(26)12-18(19)27/h6-12H,4-5,13H2,1-3H3,(H,28,29). The van der Waals surface area contributed by atoms with Crippen molar-refractivity contribution < 1.29 is 28.6 Å². The summed E-state index contributed by atoms with van der Waals surface area (Å²) >= 11 is 13.0. The van der Waals surface area contributed by atoms with E-state index >= 15 is 0 Å². The summed E-state index contributed by atoms with van der Waals surface area (Å²) in [6.07, 6.45) is 0. The lowest BCUT2D eigenvalue weighted by Crippen LogP contribution is -2.15. The normalized spacial score (nSPS) is 10.5. The van der Waals surface area contributed by atoms with E-state index in [1.54, 1.807) is 63.2 Å². The van der Waals surface area contributed by atoms with Crippen LogP contribution in [-0.4, -0.2) is 31.1 Å². The van der Waals surface area contributed by atoms with E-state index in [2.05, 4.69) is 5.32 Å². The highest BCUT2D eigenvalue weighted by atomic mass is 35.5. The minimum atomic E-state index is -0.630. The number of nitrogens with one attached hydrogen (secondary N) is 1. The average molecular weight is 536 g/mol. The smallest absolute Gasteiger partial charge is 0.348 e. The van der Waals surface area contributed by atoms with Crippen molar-refractivity contribution in [2.45, 2.75) is 27.4 Å². The number of amides is 1. The molecule has 10 heteroatoms. The molecular formula is C25H23Cl2NO6S. The highest BCUT2D eigenvalue weighted by molar-refractivity contribution is 7.18. The van der Waals surface area contributed by atoms with Crippen molar-refractivity contribution in [1.82, 2.24) is 0 Å². The fourth-order valence-electron chi connectivity index (χ4n) is 3.17. The van der Waals surface area contributed by atoms with E-state index in [1.165, 1.54) is 0 Å². The Morgan fingerprint density at radius 2 is 1.69 bits per heavy atom. The molecule has 0 saturated heterocycles. The highest BCUT2D eigenvalue weighted by Crippen LogP contribution is 2.35. The fourth-order valence-corrected chi connectivity index (χ4v) is 4.72.